The number of fused-ring (bicyclic) bond motifs is 3. The summed E-state index contributed by atoms with van der Waals surface area (Å²) in [4.78, 5) is 11.0. The summed E-state index contributed by atoms with van der Waals surface area (Å²) in [6.07, 6.45) is 11.2. The van der Waals surface area contributed by atoms with Crippen LogP contribution in [-0.2, 0) is 11.1 Å². The van der Waals surface area contributed by atoms with Crippen LogP contribution in [0.1, 0.15) is 50.0 Å². The van der Waals surface area contributed by atoms with Crippen molar-refractivity contribution in [3.8, 4) is 11.5 Å². The molecule has 1 saturated carbocycles. The number of nitrogens with one attached hydrogen (secondary N) is 1. The van der Waals surface area contributed by atoms with E-state index >= 15 is 0 Å². The normalized spacial score (nSPS) is 24.0. The molecule has 0 amide bonds. The van der Waals surface area contributed by atoms with E-state index in [0.717, 1.165) is 85.0 Å². The second-order valence-corrected chi connectivity index (χ2v) is 11.8. The molecule has 2 fully saturated rings. The third kappa shape index (κ3) is 5.50. The fourth-order valence-corrected chi connectivity index (χ4v) is 7.57. The standard InChI is InChI=1S/C29H35N5O4S/c1-37-22-8-10-23(11-9-22)38-18-19-3-2-14-34(17-19)29(39(35)36)21-6-4-20(5-7-21)25-15-32-33-26-16-31-28-24(27(25)26)12-13-30-28/h8-13,15-16,19-21,29,33H,2-7,14,17-18H2,1H3,(H,35,36)/p-1. The molecule has 0 spiro atoms. The maximum Gasteiger partial charge on any atom is 0.159 e. The lowest BCUT2D eigenvalue weighted by atomic mass is 9.77. The van der Waals surface area contributed by atoms with Crippen molar-refractivity contribution in [3.63, 3.8) is 0 Å². The summed E-state index contributed by atoms with van der Waals surface area (Å²) in [6, 6.07) is 9.60. The molecule has 10 heteroatoms. The van der Waals surface area contributed by atoms with Crippen LogP contribution >= 0.6 is 0 Å². The topological polar surface area (TPSA) is 116 Å². The van der Waals surface area contributed by atoms with Gasteiger partial charge in [0.15, 0.2) is 5.65 Å². The lowest BCUT2D eigenvalue weighted by Crippen LogP contribution is -2.49. The van der Waals surface area contributed by atoms with E-state index < -0.39 is 16.5 Å². The molecular formula is C29H34N5O4S-. The van der Waals surface area contributed by atoms with Crippen LogP contribution in [0.4, 0.5) is 0 Å². The Balaban J connectivity index is 1.11. The van der Waals surface area contributed by atoms with Crippen LogP contribution in [-0.4, -0.2) is 66.0 Å². The van der Waals surface area contributed by atoms with E-state index in [1.165, 1.54) is 5.56 Å². The number of benzene rings is 1. The van der Waals surface area contributed by atoms with Gasteiger partial charge in [0.2, 0.25) is 0 Å². The number of aromatic amines is 1. The molecule has 9 nitrogen and oxygen atoms in total. The van der Waals surface area contributed by atoms with Crippen LogP contribution in [0.15, 0.2) is 48.9 Å². The Hall–Kier alpha value is -3.08. The van der Waals surface area contributed by atoms with Crippen molar-refractivity contribution < 1.29 is 18.2 Å². The minimum Gasteiger partial charge on any atom is -0.771 e. The number of rotatable bonds is 8. The number of methoxy groups -OCH3 is 1. The molecular weight excluding hydrogens is 514 g/mol. The Labute approximate surface area is 230 Å². The van der Waals surface area contributed by atoms with Crippen molar-refractivity contribution in [2.75, 3.05) is 26.8 Å². The number of aromatic nitrogens is 4. The van der Waals surface area contributed by atoms with Crippen LogP contribution in [0.3, 0.4) is 0 Å². The molecule has 4 aromatic rings. The lowest BCUT2D eigenvalue weighted by Gasteiger charge is -2.44. The zero-order chi connectivity index (χ0) is 26.8. The molecule has 39 heavy (non-hydrogen) atoms. The number of nitrogens with zero attached hydrogens (tertiary/aromatic N) is 4. The molecule has 1 aromatic carbocycles. The van der Waals surface area contributed by atoms with Gasteiger partial charge in [-0.1, -0.05) is 0 Å². The molecule has 3 aromatic heterocycles. The SMILES string of the molecule is COc1ccc(OCC2CCCN(C(C3CCC(c4cn[nH]c5cnc6nccc6c45)CC3)S(=O)[O-])C2)cc1. The molecule has 6 rings (SSSR count). The average Bonchev–Trinajstić information content (AvgIpc) is 3.46. The van der Waals surface area contributed by atoms with Crippen molar-refractivity contribution in [2.24, 2.45) is 11.8 Å². The number of hydrogen-bond acceptors (Lipinski definition) is 8. The summed E-state index contributed by atoms with van der Waals surface area (Å²) < 4.78 is 36.4. The molecule has 0 radical (unpaired) electrons. The predicted octanol–water partition coefficient (Wildman–Crippen LogP) is 4.78. The van der Waals surface area contributed by atoms with Crippen molar-refractivity contribution >= 4 is 33.0 Å². The van der Waals surface area contributed by atoms with Crippen LogP contribution in [0.5, 0.6) is 11.5 Å². The fourth-order valence-electron chi connectivity index (χ4n) is 6.54. The van der Waals surface area contributed by atoms with Crippen molar-refractivity contribution in [2.45, 2.75) is 49.8 Å². The Morgan fingerprint density at radius 2 is 1.87 bits per heavy atom. The van der Waals surface area contributed by atoms with Gasteiger partial charge >= 0.3 is 0 Å². The molecule has 3 atom stereocenters. The summed E-state index contributed by atoms with van der Waals surface area (Å²) in [7, 11) is 1.64. The van der Waals surface area contributed by atoms with E-state index in [1.54, 1.807) is 19.5 Å². The summed E-state index contributed by atoms with van der Waals surface area (Å²) in [6.45, 7) is 2.14. The van der Waals surface area contributed by atoms with E-state index in [1.807, 2.05) is 36.5 Å². The predicted molar refractivity (Wildman–Crippen MR) is 149 cm³/mol. The summed E-state index contributed by atoms with van der Waals surface area (Å²) in [5.41, 5.74) is 2.86. The van der Waals surface area contributed by atoms with Crippen LogP contribution in [0, 0.1) is 11.8 Å². The van der Waals surface area contributed by atoms with Crippen molar-refractivity contribution in [1.82, 2.24) is 25.1 Å². The molecule has 3 unspecified atom stereocenters. The first-order valence-electron chi connectivity index (χ1n) is 13.8. The van der Waals surface area contributed by atoms with Gasteiger partial charge in [-0.05, 0) is 104 Å². The van der Waals surface area contributed by atoms with E-state index in [0.29, 0.717) is 18.4 Å². The number of likely N-dealkylation sites (tertiary alicyclic amines) is 1. The number of ether oxygens (including phenoxy) is 2. The average molecular weight is 549 g/mol. The zero-order valence-corrected chi connectivity index (χ0v) is 22.9. The maximum atomic E-state index is 12.6. The van der Waals surface area contributed by atoms with Gasteiger partial charge in [0, 0.05) is 29.4 Å². The quantitative estimate of drug-likeness (QED) is 0.313. The number of H-pyrrole nitrogens is 1. The number of pyridine rings is 1. The van der Waals surface area contributed by atoms with Crippen LogP contribution in [0.25, 0.3) is 21.9 Å². The third-order valence-corrected chi connectivity index (χ3v) is 9.56. The molecule has 1 aliphatic carbocycles. The molecule has 4 heterocycles. The highest BCUT2D eigenvalue weighted by atomic mass is 32.2. The van der Waals surface area contributed by atoms with Gasteiger partial charge in [-0.3, -0.25) is 14.2 Å². The summed E-state index contributed by atoms with van der Waals surface area (Å²) in [5.74, 6) is 2.36. The number of piperidine rings is 1. The van der Waals surface area contributed by atoms with Gasteiger partial charge < -0.3 is 14.0 Å². The Morgan fingerprint density at radius 3 is 2.64 bits per heavy atom. The maximum absolute atomic E-state index is 12.6. The molecule has 1 saturated heterocycles. The van der Waals surface area contributed by atoms with E-state index in [-0.39, 0.29) is 5.92 Å². The number of hydrogen-bond donors (Lipinski definition) is 1. The molecule has 0 bridgehead atoms. The second kappa shape index (κ2) is 11.6. The monoisotopic (exact) mass is 548 g/mol. The fraction of sp³-hybridized carbons (Fsp3) is 0.483. The first kappa shape index (κ1) is 26.2. The van der Waals surface area contributed by atoms with Crippen molar-refractivity contribution in [3.05, 3.63) is 54.5 Å². The van der Waals surface area contributed by atoms with Gasteiger partial charge in [0.05, 0.1) is 37.0 Å². The first-order valence-corrected chi connectivity index (χ1v) is 14.9. The summed E-state index contributed by atoms with van der Waals surface area (Å²) >= 11 is -2.16. The smallest absolute Gasteiger partial charge is 0.159 e. The highest BCUT2D eigenvalue weighted by Gasteiger charge is 2.35. The van der Waals surface area contributed by atoms with Crippen molar-refractivity contribution in [1.29, 1.82) is 0 Å². The van der Waals surface area contributed by atoms with Crippen LogP contribution < -0.4 is 9.47 Å². The third-order valence-electron chi connectivity index (χ3n) is 8.48. The highest BCUT2D eigenvalue weighted by Crippen LogP contribution is 2.42. The second-order valence-electron chi connectivity index (χ2n) is 10.8. The Bertz CT molecular complexity index is 1440. The minimum absolute atomic E-state index is 0.123. The molecule has 206 valence electrons. The molecule has 1 aliphatic heterocycles. The van der Waals surface area contributed by atoms with Gasteiger partial charge in [0.25, 0.3) is 0 Å². The zero-order valence-electron chi connectivity index (χ0n) is 22.1. The first-order chi connectivity index (χ1) is 19.1. The van der Waals surface area contributed by atoms with Gasteiger partial charge in [0.1, 0.15) is 11.5 Å². The lowest BCUT2D eigenvalue weighted by molar-refractivity contribution is 0.0875. The van der Waals surface area contributed by atoms with Gasteiger partial charge in [-0.2, -0.15) is 5.10 Å². The largest absolute Gasteiger partial charge is 0.771 e. The Morgan fingerprint density at radius 1 is 1.08 bits per heavy atom. The van der Waals surface area contributed by atoms with Crippen LogP contribution in [0.2, 0.25) is 0 Å². The summed E-state index contributed by atoms with van der Waals surface area (Å²) in [5, 5.41) is 9.18. The molecule has 2 aliphatic rings. The van der Waals surface area contributed by atoms with Gasteiger partial charge in [-0.25, -0.2) is 9.97 Å². The molecule has 1 N–H and O–H groups in total. The highest BCUT2D eigenvalue weighted by molar-refractivity contribution is 7.79. The van der Waals surface area contributed by atoms with E-state index in [4.69, 9.17) is 9.47 Å². The minimum atomic E-state index is -2.16. The van der Waals surface area contributed by atoms with E-state index in [9.17, 15) is 8.76 Å². The van der Waals surface area contributed by atoms with Gasteiger partial charge in [-0.15, -0.1) is 0 Å². The van der Waals surface area contributed by atoms with E-state index in [2.05, 4.69) is 25.1 Å². The Kier molecular flexibility index (Phi) is 7.76.